The molecule has 1 heterocycles. The number of allylic oxidation sites excluding steroid dienone is 1. The van der Waals surface area contributed by atoms with Gasteiger partial charge in [-0.1, -0.05) is 5.57 Å². The quantitative estimate of drug-likeness (QED) is 0.574. The maximum atomic E-state index is 11.7. The Morgan fingerprint density at radius 1 is 1.20 bits per heavy atom. The van der Waals surface area contributed by atoms with Crippen molar-refractivity contribution in [3.63, 3.8) is 0 Å². The Bertz CT molecular complexity index is 413. The van der Waals surface area contributed by atoms with Gasteiger partial charge in [0.2, 0.25) is 0 Å². The average Bonchev–Trinajstić information content (AvgIpc) is 2.87. The van der Waals surface area contributed by atoms with Gasteiger partial charge in [0.15, 0.2) is 5.79 Å². The third-order valence-corrected chi connectivity index (χ3v) is 5.67. The summed E-state index contributed by atoms with van der Waals surface area (Å²) in [4.78, 5) is 11.7. The van der Waals surface area contributed by atoms with E-state index in [-0.39, 0.29) is 11.8 Å². The summed E-state index contributed by atoms with van der Waals surface area (Å²) in [6.45, 7) is 3.79. The lowest BCUT2D eigenvalue weighted by molar-refractivity contribution is -0.279. The zero-order chi connectivity index (χ0) is 13.7. The van der Waals surface area contributed by atoms with Gasteiger partial charge in [0.25, 0.3) is 0 Å². The molecule has 4 aliphatic carbocycles. The van der Waals surface area contributed by atoms with E-state index in [1.165, 1.54) is 5.57 Å². The van der Waals surface area contributed by atoms with Crippen LogP contribution in [0.25, 0.3) is 0 Å². The van der Waals surface area contributed by atoms with Crippen molar-refractivity contribution < 1.29 is 19.0 Å². The fourth-order valence-corrected chi connectivity index (χ4v) is 5.10. The van der Waals surface area contributed by atoms with Crippen LogP contribution in [0.3, 0.4) is 0 Å². The number of ether oxygens (including phenoxy) is 3. The molecule has 0 atom stereocenters. The summed E-state index contributed by atoms with van der Waals surface area (Å²) in [7, 11) is 0. The lowest BCUT2D eigenvalue weighted by atomic mass is 9.51. The lowest BCUT2D eigenvalue weighted by Crippen LogP contribution is -2.59. The first-order chi connectivity index (χ1) is 9.73. The zero-order valence-corrected chi connectivity index (χ0v) is 12.0. The molecule has 5 fully saturated rings. The lowest BCUT2D eigenvalue weighted by Gasteiger charge is -2.59. The third-order valence-electron chi connectivity index (χ3n) is 5.67. The van der Waals surface area contributed by atoms with Gasteiger partial charge in [0, 0.05) is 17.9 Å². The molecule has 0 radical (unpaired) electrons. The second-order valence-corrected chi connectivity index (χ2v) is 6.55. The van der Waals surface area contributed by atoms with E-state index in [9.17, 15) is 4.79 Å². The maximum absolute atomic E-state index is 11.7. The van der Waals surface area contributed by atoms with Crippen LogP contribution in [0.4, 0.5) is 0 Å². The molecule has 0 aromatic carbocycles. The van der Waals surface area contributed by atoms with Gasteiger partial charge in [-0.2, -0.15) is 0 Å². The molecule has 1 saturated heterocycles. The van der Waals surface area contributed by atoms with Crippen LogP contribution < -0.4 is 0 Å². The minimum Gasteiger partial charge on any atom is -0.463 e. The summed E-state index contributed by atoms with van der Waals surface area (Å²) in [6, 6.07) is 0. The molecule has 0 N–H and O–H groups in total. The van der Waals surface area contributed by atoms with Gasteiger partial charge in [-0.15, -0.1) is 0 Å². The highest BCUT2D eigenvalue weighted by Crippen LogP contribution is 2.62. The highest BCUT2D eigenvalue weighted by molar-refractivity contribution is 5.83. The molecule has 0 aromatic rings. The van der Waals surface area contributed by atoms with E-state index in [1.807, 2.05) is 6.92 Å². The first kappa shape index (κ1) is 12.8. The van der Waals surface area contributed by atoms with Gasteiger partial charge in [0.1, 0.15) is 0 Å². The fourth-order valence-electron chi connectivity index (χ4n) is 5.10. The Morgan fingerprint density at radius 3 is 2.25 bits per heavy atom. The predicted molar refractivity (Wildman–Crippen MR) is 71.8 cm³/mol. The highest BCUT2D eigenvalue weighted by atomic mass is 16.7. The minimum absolute atomic E-state index is 0.168. The Labute approximate surface area is 119 Å². The molecule has 4 heteroatoms. The van der Waals surface area contributed by atoms with Crippen molar-refractivity contribution in [2.75, 3.05) is 19.8 Å². The van der Waals surface area contributed by atoms with Gasteiger partial charge in [-0.25, -0.2) is 4.79 Å². The summed E-state index contributed by atoms with van der Waals surface area (Å²) in [6.07, 6.45) is 6.21. The number of esters is 1. The van der Waals surface area contributed by atoms with Crippen LogP contribution in [0.5, 0.6) is 0 Å². The molecule has 4 bridgehead atoms. The smallest absolute Gasteiger partial charge is 0.330 e. The van der Waals surface area contributed by atoms with Crippen LogP contribution in [0.1, 0.15) is 32.6 Å². The van der Waals surface area contributed by atoms with E-state index in [0.29, 0.717) is 30.3 Å². The van der Waals surface area contributed by atoms with E-state index in [2.05, 4.69) is 0 Å². The Morgan fingerprint density at radius 2 is 1.75 bits per heavy atom. The number of carbonyl (C=O) groups excluding carboxylic acids is 1. The van der Waals surface area contributed by atoms with E-state index >= 15 is 0 Å². The summed E-state index contributed by atoms with van der Waals surface area (Å²) in [5.41, 5.74) is 1.34. The molecule has 1 aliphatic heterocycles. The molecule has 4 nitrogen and oxygen atoms in total. The summed E-state index contributed by atoms with van der Waals surface area (Å²) in [5.74, 6) is 1.68. The number of rotatable bonds is 2. The van der Waals surface area contributed by atoms with Crippen LogP contribution in [0, 0.1) is 23.7 Å². The minimum atomic E-state index is -0.275. The van der Waals surface area contributed by atoms with Crippen LogP contribution >= 0.6 is 0 Å². The van der Waals surface area contributed by atoms with Crippen molar-refractivity contribution in [3.8, 4) is 0 Å². The van der Waals surface area contributed by atoms with Crippen LogP contribution in [0.15, 0.2) is 11.6 Å². The molecule has 0 unspecified atom stereocenters. The molecular weight excluding hydrogens is 256 g/mol. The molecule has 5 rings (SSSR count). The first-order valence-corrected chi connectivity index (χ1v) is 7.89. The molecule has 0 aromatic heterocycles. The van der Waals surface area contributed by atoms with Crippen molar-refractivity contribution in [2.45, 2.75) is 38.4 Å². The van der Waals surface area contributed by atoms with Gasteiger partial charge in [-0.3, -0.25) is 0 Å². The predicted octanol–water partition coefficient (Wildman–Crippen LogP) is 2.29. The Kier molecular flexibility index (Phi) is 2.93. The Hall–Kier alpha value is -0.870. The summed E-state index contributed by atoms with van der Waals surface area (Å²) < 4.78 is 17.2. The third kappa shape index (κ3) is 1.70. The van der Waals surface area contributed by atoms with Crippen molar-refractivity contribution in [3.05, 3.63) is 11.6 Å². The molecule has 110 valence electrons. The number of carbonyl (C=O) groups is 1. The second-order valence-electron chi connectivity index (χ2n) is 6.55. The maximum Gasteiger partial charge on any atom is 0.330 e. The number of hydrogen-bond donors (Lipinski definition) is 0. The van der Waals surface area contributed by atoms with Gasteiger partial charge >= 0.3 is 5.97 Å². The van der Waals surface area contributed by atoms with Crippen LogP contribution in [-0.2, 0) is 19.0 Å². The zero-order valence-electron chi connectivity index (χ0n) is 12.0. The molecule has 20 heavy (non-hydrogen) atoms. The largest absolute Gasteiger partial charge is 0.463 e. The SMILES string of the molecule is CCOC(=O)C=C1C2CC3CC1CC(C2)C31OCCO1. The second kappa shape index (κ2) is 4.57. The molecule has 1 spiro atoms. The van der Waals surface area contributed by atoms with Crippen molar-refractivity contribution >= 4 is 5.97 Å². The van der Waals surface area contributed by atoms with E-state index < -0.39 is 0 Å². The van der Waals surface area contributed by atoms with E-state index in [0.717, 1.165) is 38.9 Å². The van der Waals surface area contributed by atoms with Crippen molar-refractivity contribution in [2.24, 2.45) is 23.7 Å². The molecular formula is C16H22O4. The first-order valence-electron chi connectivity index (χ1n) is 7.89. The fraction of sp³-hybridized carbons (Fsp3) is 0.812. The summed E-state index contributed by atoms with van der Waals surface area (Å²) in [5, 5.41) is 0. The average molecular weight is 278 g/mol. The van der Waals surface area contributed by atoms with Crippen LogP contribution in [0.2, 0.25) is 0 Å². The normalized spacial score (nSPS) is 40.4. The van der Waals surface area contributed by atoms with Crippen molar-refractivity contribution in [1.82, 2.24) is 0 Å². The Balaban J connectivity index is 1.57. The monoisotopic (exact) mass is 278 g/mol. The highest BCUT2D eigenvalue weighted by Gasteiger charge is 2.61. The number of hydrogen-bond acceptors (Lipinski definition) is 4. The summed E-state index contributed by atoms with van der Waals surface area (Å²) >= 11 is 0. The molecule has 5 aliphatic rings. The van der Waals surface area contributed by atoms with Gasteiger partial charge in [0.05, 0.1) is 19.8 Å². The molecule has 4 saturated carbocycles. The topological polar surface area (TPSA) is 44.8 Å². The standard InChI is InChI=1S/C16H22O4/c1-2-18-15(17)9-14-10-5-12-7-11(14)8-13(6-10)16(12)19-3-4-20-16/h9-13H,2-8H2,1H3. The van der Waals surface area contributed by atoms with Crippen molar-refractivity contribution in [1.29, 1.82) is 0 Å². The van der Waals surface area contributed by atoms with Gasteiger partial charge in [-0.05, 0) is 44.4 Å². The van der Waals surface area contributed by atoms with Gasteiger partial charge < -0.3 is 14.2 Å². The van der Waals surface area contributed by atoms with Crippen LogP contribution in [-0.4, -0.2) is 31.6 Å². The molecule has 0 amide bonds. The van der Waals surface area contributed by atoms with E-state index in [1.54, 1.807) is 6.08 Å². The van der Waals surface area contributed by atoms with E-state index in [4.69, 9.17) is 14.2 Å².